The SMILES string of the molecule is COCCc1ccc(OC[C@@H](O)CNC(C)(C)CNC(=O)COc2ccc(C3=NNC(=O)CC3)cc2Cl)cc1. The number of carbonyl (C=O) groups is 2. The van der Waals surface area contributed by atoms with Gasteiger partial charge in [0.2, 0.25) is 5.91 Å². The van der Waals surface area contributed by atoms with Gasteiger partial charge >= 0.3 is 0 Å². The van der Waals surface area contributed by atoms with E-state index in [-0.39, 0.29) is 25.0 Å². The van der Waals surface area contributed by atoms with Crippen molar-refractivity contribution in [3.63, 3.8) is 0 Å². The molecule has 4 N–H and O–H groups in total. The minimum absolute atomic E-state index is 0.115. The number of nitrogens with one attached hydrogen (secondary N) is 3. The Kier molecular flexibility index (Phi) is 11.5. The minimum atomic E-state index is -0.725. The van der Waals surface area contributed by atoms with Crippen LogP contribution in [0.5, 0.6) is 11.5 Å². The molecular weight excluding hydrogens is 524 g/mol. The molecule has 2 amide bonds. The van der Waals surface area contributed by atoms with Crippen molar-refractivity contribution in [2.75, 3.05) is 40.0 Å². The van der Waals surface area contributed by atoms with Crippen molar-refractivity contribution in [3.05, 3.63) is 58.6 Å². The normalized spacial score (nSPS) is 14.3. The molecule has 2 aromatic carbocycles. The second kappa shape index (κ2) is 14.8. The molecule has 0 fully saturated rings. The van der Waals surface area contributed by atoms with Crippen molar-refractivity contribution in [3.8, 4) is 11.5 Å². The van der Waals surface area contributed by atoms with Gasteiger partial charge in [-0.05, 0) is 61.7 Å². The second-order valence-electron chi connectivity index (χ2n) is 9.92. The predicted octanol–water partition coefficient (Wildman–Crippen LogP) is 2.45. The molecule has 212 valence electrons. The van der Waals surface area contributed by atoms with Gasteiger partial charge in [0, 0.05) is 38.6 Å². The molecular formula is C28H37ClN4O6. The first-order valence-corrected chi connectivity index (χ1v) is 13.2. The van der Waals surface area contributed by atoms with Gasteiger partial charge in [-0.15, -0.1) is 0 Å². The number of ether oxygens (including phenoxy) is 3. The molecule has 11 heteroatoms. The molecule has 3 rings (SSSR count). The summed E-state index contributed by atoms with van der Waals surface area (Å²) < 4.78 is 16.3. The maximum atomic E-state index is 12.4. The number of methoxy groups -OCH3 is 1. The van der Waals surface area contributed by atoms with Gasteiger partial charge in [0.15, 0.2) is 6.61 Å². The van der Waals surface area contributed by atoms with Gasteiger partial charge in [-0.2, -0.15) is 5.10 Å². The summed E-state index contributed by atoms with van der Waals surface area (Å²) in [5, 5.41) is 20.8. The highest BCUT2D eigenvalue weighted by molar-refractivity contribution is 6.32. The molecule has 39 heavy (non-hydrogen) atoms. The molecule has 0 spiro atoms. The van der Waals surface area contributed by atoms with Crippen LogP contribution in [-0.2, 0) is 20.7 Å². The average molecular weight is 561 g/mol. The molecule has 1 atom stereocenters. The highest BCUT2D eigenvalue weighted by atomic mass is 35.5. The predicted molar refractivity (Wildman–Crippen MR) is 149 cm³/mol. The number of hydrogen-bond donors (Lipinski definition) is 4. The summed E-state index contributed by atoms with van der Waals surface area (Å²) in [6.45, 7) is 5.07. The first kappa shape index (κ1) is 30.4. The lowest BCUT2D eigenvalue weighted by Gasteiger charge is -2.28. The molecule has 2 aromatic rings. The van der Waals surface area contributed by atoms with Gasteiger partial charge < -0.3 is 30.0 Å². The van der Waals surface area contributed by atoms with Crippen LogP contribution in [0, 0.1) is 0 Å². The first-order chi connectivity index (χ1) is 18.6. The van der Waals surface area contributed by atoms with Gasteiger partial charge in [0.05, 0.1) is 17.3 Å². The molecule has 1 aliphatic heterocycles. The molecule has 0 saturated carbocycles. The van der Waals surface area contributed by atoms with Crippen LogP contribution >= 0.6 is 11.6 Å². The summed E-state index contributed by atoms with van der Waals surface area (Å²) in [5.74, 6) is 0.645. The Morgan fingerprint density at radius 3 is 2.62 bits per heavy atom. The fourth-order valence-electron chi connectivity index (χ4n) is 3.67. The van der Waals surface area contributed by atoms with Crippen LogP contribution in [0.3, 0.4) is 0 Å². The molecule has 1 heterocycles. The fourth-order valence-corrected chi connectivity index (χ4v) is 3.91. The Morgan fingerprint density at radius 2 is 1.95 bits per heavy atom. The lowest BCUT2D eigenvalue weighted by Crippen LogP contribution is -2.52. The number of nitrogens with zero attached hydrogens (tertiary/aromatic N) is 1. The highest BCUT2D eigenvalue weighted by Crippen LogP contribution is 2.26. The van der Waals surface area contributed by atoms with Crippen LogP contribution in [0.2, 0.25) is 5.02 Å². The van der Waals surface area contributed by atoms with Gasteiger partial charge in [-0.1, -0.05) is 23.7 Å². The molecule has 1 aliphatic rings. The van der Waals surface area contributed by atoms with Gasteiger partial charge in [0.1, 0.15) is 24.2 Å². The van der Waals surface area contributed by atoms with E-state index in [0.717, 1.165) is 23.3 Å². The van der Waals surface area contributed by atoms with Crippen molar-refractivity contribution < 1.29 is 28.9 Å². The second-order valence-corrected chi connectivity index (χ2v) is 10.3. The smallest absolute Gasteiger partial charge is 0.258 e. The third kappa shape index (κ3) is 10.5. The summed E-state index contributed by atoms with van der Waals surface area (Å²) in [6, 6.07) is 12.9. The van der Waals surface area contributed by atoms with E-state index in [2.05, 4.69) is 21.2 Å². The molecule has 0 bridgehead atoms. The van der Waals surface area contributed by atoms with Crippen molar-refractivity contribution in [1.82, 2.24) is 16.1 Å². The van der Waals surface area contributed by atoms with E-state index in [9.17, 15) is 14.7 Å². The fraction of sp³-hybridized carbons (Fsp3) is 0.464. The number of aliphatic hydroxyl groups is 1. The Bertz CT molecular complexity index is 1140. The van der Waals surface area contributed by atoms with Crippen LogP contribution in [0.1, 0.15) is 37.8 Å². The molecule has 0 aliphatic carbocycles. The maximum Gasteiger partial charge on any atom is 0.258 e. The lowest BCUT2D eigenvalue weighted by atomic mass is 10.0. The van der Waals surface area contributed by atoms with Crippen LogP contribution in [0.25, 0.3) is 0 Å². The van der Waals surface area contributed by atoms with Crippen molar-refractivity contribution >= 4 is 29.1 Å². The van der Waals surface area contributed by atoms with Crippen molar-refractivity contribution in [2.45, 2.75) is 44.8 Å². The number of hydrogen-bond acceptors (Lipinski definition) is 8. The van der Waals surface area contributed by atoms with Crippen molar-refractivity contribution in [2.24, 2.45) is 5.10 Å². The van der Waals surface area contributed by atoms with E-state index in [4.69, 9.17) is 25.8 Å². The number of β-amino-alcohol motifs (C(OH)–C–C–N with tert-alkyl or cyclic N) is 1. The molecule has 10 nitrogen and oxygen atoms in total. The molecule has 0 saturated heterocycles. The zero-order valence-electron chi connectivity index (χ0n) is 22.6. The van der Waals surface area contributed by atoms with Crippen LogP contribution in [-0.4, -0.2) is 74.3 Å². The van der Waals surface area contributed by atoms with Crippen LogP contribution in [0.15, 0.2) is 47.6 Å². The summed E-state index contributed by atoms with van der Waals surface area (Å²) in [7, 11) is 1.67. The summed E-state index contributed by atoms with van der Waals surface area (Å²) in [4.78, 5) is 23.6. The quantitative estimate of drug-likeness (QED) is 0.263. The molecule has 0 aromatic heterocycles. The number of hydrazone groups is 1. The van der Waals surface area contributed by atoms with E-state index < -0.39 is 11.6 Å². The van der Waals surface area contributed by atoms with E-state index in [0.29, 0.717) is 49.1 Å². The van der Waals surface area contributed by atoms with Crippen LogP contribution < -0.4 is 25.5 Å². The Labute approximate surface area is 234 Å². The first-order valence-electron chi connectivity index (χ1n) is 12.8. The Hall–Kier alpha value is -3.18. The zero-order valence-corrected chi connectivity index (χ0v) is 23.3. The number of amides is 2. The Morgan fingerprint density at radius 1 is 1.18 bits per heavy atom. The van der Waals surface area contributed by atoms with E-state index >= 15 is 0 Å². The summed E-state index contributed by atoms with van der Waals surface area (Å²) >= 11 is 6.32. The zero-order chi connectivity index (χ0) is 28.3. The number of carbonyl (C=O) groups excluding carboxylic acids is 2. The maximum absolute atomic E-state index is 12.4. The Balaban J connectivity index is 1.35. The number of halogens is 1. The van der Waals surface area contributed by atoms with E-state index in [1.165, 1.54) is 0 Å². The number of aliphatic hydroxyl groups excluding tert-OH is 1. The standard InChI is InChI=1S/C28H37ClN4O6/c1-28(2,31-15-21(34)16-38-22-7-4-19(5-8-22)12-13-37-3)18-30-27(36)17-39-25-10-6-20(14-23(25)29)24-9-11-26(35)33-32-24/h4-8,10,14,21,31,34H,9,11-13,15-18H2,1-3H3,(H,30,36)(H,33,35)/t21-/m0/s1. The van der Waals surface area contributed by atoms with Gasteiger partial charge in [0.25, 0.3) is 5.91 Å². The van der Waals surface area contributed by atoms with Crippen LogP contribution in [0.4, 0.5) is 0 Å². The third-order valence-electron chi connectivity index (χ3n) is 6.03. The van der Waals surface area contributed by atoms with E-state index in [1.54, 1.807) is 25.3 Å². The largest absolute Gasteiger partial charge is 0.491 e. The van der Waals surface area contributed by atoms with Gasteiger partial charge in [-0.3, -0.25) is 9.59 Å². The number of rotatable bonds is 15. The summed E-state index contributed by atoms with van der Waals surface area (Å²) in [5.41, 5.74) is 4.66. The van der Waals surface area contributed by atoms with Crippen molar-refractivity contribution in [1.29, 1.82) is 0 Å². The highest BCUT2D eigenvalue weighted by Gasteiger charge is 2.20. The number of benzene rings is 2. The van der Waals surface area contributed by atoms with Gasteiger partial charge in [-0.25, -0.2) is 5.43 Å². The minimum Gasteiger partial charge on any atom is -0.491 e. The molecule has 0 unspecified atom stereocenters. The molecule has 0 radical (unpaired) electrons. The third-order valence-corrected chi connectivity index (χ3v) is 6.33. The lowest BCUT2D eigenvalue weighted by molar-refractivity contribution is -0.123. The summed E-state index contributed by atoms with van der Waals surface area (Å²) in [6.07, 6.45) is 1.01. The topological polar surface area (TPSA) is 131 Å². The average Bonchev–Trinajstić information content (AvgIpc) is 2.93. The van der Waals surface area contributed by atoms with E-state index in [1.807, 2.05) is 38.1 Å². The monoisotopic (exact) mass is 560 g/mol.